The van der Waals surface area contributed by atoms with Crippen molar-refractivity contribution >= 4 is 29.3 Å². The van der Waals surface area contributed by atoms with Crippen LogP contribution in [0.2, 0.25) is 0 Å². The van der Waals surface area contributed by atoms with Crippen LogP contribution in [0.1, 0.15) is 50.7 Å². The predicted molar refractivity (Wildman–Crippen MR) is 117 cm³/mol. The van der Waals surface area contributed by atoms with Crippen molar-refractivity contribution in [1.82, 2.24) is 15.5 Å². The van der Waals surface area contributed by atoms with Crippen LogP contribution in [0.15, 0.2) is 42.5 Å². The summed E-state index contributed by atoms with van der Waals surface area (Å²) in [5, 5.41) is 5.63. The molecule has 1 saturated heterocycles. The lowest BCUT2D eigenvalue weighted by molar-refractivity contribution is -0.136. The van der Waals surface area contributed by atoms with E-state index >= 15 is 0 Å². The fourth-order valence-corrected chi connectivity index (χ4v) is 5.15. The smallest absolute Gasteiger partial charge is 0.262 e. The molecule has 0 spiro atoms. The number of imide groups is 2. The number of amides is 4. The van der Waals surface area contributed by atoms with Crippen molar-refractivity contribution in [1.29, 1.82) is 0 Å². The molecule has 0 aromatic heterocycles. The fourth-order valence-electron chi connectivity index (χ4n) is 5.15. The molecule has 1 aliphatic carbocycles. The predicted octanol–water partition coefficient (Wildman–Crippen LogP) is 1.41. The van der Waals surface area contributed by atoms with E-state index in [0.29, 0.717) is 5.56 Å². The van der Waals surface area contributed by atoms with Crippen LogP contribution in [-0.2, 0) is 16.0 Å². The molecule has 2 aromatic rings. The maximum atomic E-state index is 13.1. The van der Waals surface area contributed by atoms with E-state index in [1.807, 2.05) is 32.3 Å². The van der Waals surface area contributed by atoms with Gasteiger partial charge in [-0.25, -0.2) is 0 Å². The Labute approximate surface area is 185 Å². The molecule has 8 nitrogen and oxygen atoms in total. The maximum Gasteiger partial charge on any atom is 0.262 e. The average molecular weight is 432 g/mol. The first-order valence-electron chi connectivity index (χ1n) is 10.7. The lowest BCUT2D eigenvalue weighted by Gasteiger charge is -2.32. The lowest BCUT2D eigenvalue weighted by Crippen LogP contribution is -2.54. The second-order valence-electron chi connectivity index (χ2n) is 8.52. The highest BCUT2D eigenvalue weighted by molar-refractivity contribution is 6.23. The largest absolute Gasteiger partial charge is 0.369 e. The monoisotopic (exact) mass is 432 g/mol. The van der Waals surface area contributed by atoms with Gasteiger partial charge in [0, 0.05) is 19.2 Å². The number of carbonyl (C=O) groups is 4. The summed E-state index contributed by atoms with van der Waals surface area (Å²) in [6.07, 6.45) is 1.11. The van der Waals surface area contributed by atoms with Crippen LogP contribution in [0.5, 0.6) is 0 Å². The number of nitrogens with one attached hydrogen (secondary N) is 2. The van der Waals surface area contributed by atoms with E-state index in [0.717, 1.165) is 17.0 Å². The van der Waals surface area contributed by atoms with E-state index < -0.39 is 23.8 Å². The van der Waals surface area contributed by atoms with Gasteiger partial charge in [0.2, 0.25) is 11.8 Å². The summed E-state index contributed by atoms with van der Waals surface area (Å²) in [7, 11) is 3.93. The number of fused-ring (bicyclic) bond motifs is 2. The van der Waals surface area contributed by atoms with Gasteiger partial charge in [0.1, 0.15) is 6.04 Å². The number of likely N-dealkylation sites (N-methyl/N-ethyl adjacent to an activating group) is 2. The Morgan fingerprint density at radius 1 is 1.03 bits per heavy atom. The molecule has 164 valence electrons. The molecule has 2 heterocycles. The highest BCUT2D eigenvalue weighted by Crippen LogP contribution is 2.37. The van der Waals surface area contributed by atoms with Crippen molar-refractivity contribution in [3.63, 3.8) is 0 Å². The third kappa shape index (κ3) is 3.02. The summed E-state index contributed by atoms with van der Waals surface area (Å²) in [6, 6.07) is 12.9. The Morgan fingerprint density at radius 2 is 1.78 bits per heavy atom. The van der Waals surface area contributed by atoms with Crippen LogP contribution in [-0.4, -0.2) is 54.7 Å². The molecule has 0 bridgehead atoms. The van der Waals surface area contributed by atoms with Crippen LogP contribution < -0.4 is 15.5 Å². The molecule has 2 aromatic carbocycles. The maximum absolute atomic E-state index is 13.1. The normalized spacial score (nSPS) is 24.4. The second kappa shape index (κ2) is 7.56. The van der Waals surface area contributed by atoms with Crippen LogP contribution >= 0.6 is 0 Å². The minimum Gasteiger partial charge on any atom is -0.369 e. The SMILES string of the molecule is CN[C@H]1c2ccccc2C[C@H]1N(C)c1ccc2c(c1)C(=O)N(C1CCC(=O)NC1=O)C2=O. The van der Waals surface area contributed by atoms with Gasteiger partial charge in [0.05, 0.1) is 23.2 Å². The third-order valence-corrected chi connectivity index (χ3v) is 6.84. The number of nitrogens with zero attached hydrogens (tertiary/aromatic N) is 2. The summed E-state index contributed by atoms with van der Waals surface area (Å²) in [6.45, 7) is 0. The molecule has 5 rings (SSSR count). The molecule has 3 aliphatic rings. The van der Waals surface area contributed by atoms with Crippen molar-refractivity contribution in [2.45, 2.75) is 37.4 Å². The van der Waals surface area contributed by atoms with Gasteiger partial charge in [-0.1, -0.05) is 24.3 Å². The number of hydrogen-bond donors (Lipinski definition) is 2. The number of piperidine rings is 1. The molecule has 2 N–H and O–H groups in total. The van der Waals surface area contributed by atoms with E-state index in [4.69, 9.17) is 0 Å². The summed E-state index contributed by atoms with van der Waals surface area (Å²) < 4.78 is 0. The highest BCUT2D eigenvalue weighted by Gasteiger charge is 2.45. The molecule has 2 aliphatic heterocycles. The number of benzene rings is 2. The summed E-state index contributed by atoms with van der Waals surface area (Å²) in [4.78, 5) is 52.9. The van der Waals surface area contributed by atoms with Gasteiger partial charge in [0.15, 0.2) is 0 Å². The van der Waals surface area contributed by atoms with Crippen LogP contribution in [0.25, 0.3) is 0 Å². The number of carbonyl (C=O) groups excluding carboxylic acids is 4. The second-order valence-corrected chi connectivity index (χ2v) is 8.52. The van der Waals surface area contributed by atoms with E-state index in [1.165, 1.54) is 11.1 Å². The first-order valence-corrected chi connectivity index (χ1v) is 10.7. The van der Waals surface area contributed by atoms with Crippen molar-refractivity contribution in [3.8, 4) is 0 Å². The molecule has 1 unspecified atom stereocenters. The Bertz CT molecular complexity index is 1160. The van der Waals surface area contributed by atoms with Gasteiger partial charge >= 0.3 is 0 Å². The summed E-state index contributed by atoms with van der Waals surface area (Å²) in [5.41, 5.74) is 3.97. The van der Waals surface area contributed by atoms with Gasteiger partial charge in [-0.15, -0.1) is 0 Å². The van der Waals surface area contributed by atoms with E-state index in [-0.39, 0.29) is 36.4 Å². The first-order chi connectivity index (χ1) is 15.4. The summed E-state index contributed by atoms with van der Waals surface area (Å²) in [5.74, 6) is -1.97. The van der Waals surface area contributed by atoms with Crippen LogP contribution in [0, 0.1) is 0 Å². The summed E-state index contributed by atoms with van der Waals surface area (Å²) >= 11 is 0. The number of anilines is 1. The average Bonchev–Trinajstić information content (AvgIpc) is 3.28. The molecule has 32 heavy (non-hydrogen) atoms. The standard InChI is InChI=1S/C24H24N4O4/c1-25-21-15-6-4-3-5-13(15)11-19(21)27(2)14-7-8-16-17(12-14)24(32)28(23(16)31)18-9-10-20(29)26-22(18)30/h3-8,12,18-19,21,25H,9-11H2,1-2H3,(H,26,29,30)/t18?,19-,21+/m1/s1. The topological polar surface area (TPSA) is 98.8 Å². The quantitative estimate of drug-likeness (QED) is 0.709. The molecular weight excluding hydrogens is 408 g/mol. The van der Waals surface area contributed by atoms with Crippen LogP contribution in [0.3, 0.4) is 0 Å². The Hall–Kier alpha value is -3.52. The van der Waals surface area contributed by atoms with Gasteiger partial charge < -0.3 is 10.2 Å². The van der Waals surface area contributed by atoms with Crippen molar-refractivity contribution in [2.75, 3.05) is 19.0 Å². The molecule has 0 radical (unpaired) electrons. The number of hydrogen-bond acceptors (Lipinski definition) is 6. The van der Waals surface area contributed by atoms with E-state index in [2.05, 4.69) is 27.7 Å². The minimum absolute atomic E-state index is 0.103. The molecule has 4 amide bonds. The zero-order chi connectivity index (χ0) is 22.6. The molecule has 1 fully saturated rings. The minimum atomic E-state index is -0.959. The lowest BCUT2D eigenvalue weighted by atomic mass is 10.0. The van der Waals surface area contributed by atoms with Crippen molar-refractivity contribution in [3.05, 3.63) is 64.7 Å². The molecule has 3 atom stereocenters. The first kappa shape index (κ1) is 20.4. The molecule has 0 saturated carbocycles. The van der Waals surface area contributed by atoms with Crippen LogP contribution in [0.4, 0.5) is 5.69 Å². The van der Waals surface area contributed by atoms with Gasteiger partial charge in [0.25, 0.3) is 11.8 Å². The Morgan fingerprint density at radius 3 is 2.53 bits per heavy atom. The highest BCUT2D eigenvalue weighted by atomic mass is 16.2. The molecule has 8 heteroatoms. The Kier molecular flexibility index (Phi) is 4.82. The van der Waals surface area contributed by atoms with E-state index in [9.17, 15) is 19.2 Å². The zero-order valence-corrected chi connectivity index (χ0v) is 17.9. The fraction of sp³-hybridized carbons (Fsp3) is 0.333. The van der Waals surface area contributed by atoms with Crippen molar-refractivity contribution < 1.29 is 19.2 Å². The van der Waals surface area contributed by atoms with Gasteiger partial charge in [-0.2, -0.15) is 0 Å². The Balaban J connectivity index is 1.43. The third-order valence-electron chi connectivity index (χ3n) is 6.84. The van der Waals surface area contributed by atoms with E-state index in [1.54, 1.807) is 12.1 Å². The van der Waals surface area contributed by atoms with Gasteiger partial charge in [-0.05, 0) is 49.2 Å². The zero-order valence-electron chi connectivity index (χ0n) is 17.9. The molecular formula is C24H24N4O4. The van der Waals surface area contributed by atoms with Gasteiger partial charge in [-0.3, -0.25) is 29.4 Å². The number of rotatable bonds is 4. The van der Waals surface area contributed by atoms with Crippen molar-refractivity contribution in [2.24, 2.45) is 0 Å².